The number of amides is 1. The van der Waals surface area contributed by atoms with E-state index in [4.69, 9.17) is 4.42 Å². The van der Waals surface area contributed by atoms with Crippen molar-refractivity contribution in [2.45, 2.75) is 6.42 Å². The van der Waals surface area contributed by atoms with Crippen molar-refractivity contribution < 1.29 is 9.21 Å². The number of anilines is 2. The molecule has 3 aromatic rings. The molecule has 0 aliphatic carbocycles. The monoisotopic (exact) mass is 282 g/mol. The molecule has 0 aliphatic rings. The van der Waals surface area contributed by atoms with Gasteiger partial charge in [0.05, 0.1) is 6.42 Å². The van der Waals surface area contributed by atoms with Gasteiger partial charge >= 0.3 is 6.01 Å². The molecule has 1 aromatic carbocycles. The maximum Gasteiger partial charge on any atom is 0.301 e. The molecule has 0 bridgehead atoms. The Hall–Kier alpha value is -2.89. The Balaban J connectivity index is 1.84. The quantitative estimate of drug-likeness (QED) is 0.767. The van der Waals surface area contributed by atoms with Crippen molar-refractivity contribution in [2.24, 2.45) is 0 Å². The lowest BCUT2D eigenvalue weighted by Gasteiger charge is -1.99. The summed E-state index contributed by atoms with van der Waals surface area (Å²) in [4.78, 5) is 19.9. The first-order valence-electron chi connectivity index (χ1n) is 6.53. The number of fused-ring (bicyclic) bond motifs is 1. The number of aromatic nitrogens is 2. The van der Waals surface area contributed by atoms with Crippen LogP contribution in [-0.4, -0.2) is 22.9 Å². The van der Waals surface area contributed by atoms with Crippen molar-refractivity contribution in [3.8, 4) is 0 Å². The minimum Gasteiger partial charge on any atom is -0.423 e. The van der Waals surface area contributed by atoms with Gasteiger partial charge in [0.15, 0.2) is 5.58 Å². The molecule has 6 nitrogen and oxygen atoms in total. The summed E-state index contributed by atoms with van der Waals surface area (Å²) in [7, 11) is 1.62. The first-order valence-corrected chi connectivity index (χ1v) is 6.53. The number of nitrogens with zero attached hydrogens (tertiary/aromatic N) is 2. The average Bonchev–Trinajstić information content (AvgIpc) is 2.89. The normalized spacial score (nSPS) is 10.5. The SMILES string of the molecule is CNC(=O)Cc1ccc2nc(Nc3ccccn3)oc2c1. The number of likely N-dealkylation sites (N-methyl/N-ethyl adjacent to an activating group) is 1. The van der Waals surface area contributed by atoms with Crippen LogP contribution in [0.2, 0.25) is 0 Å². The van der Waals surface area contributed by atoms with Gasteiger partial charge in [-0.05, 0) is 29.8 Å². The zero-order valence-electron chi connectivity index (χ0n) is 11.5. The van der Waals surface area contributed by atoms with Crippen molar-refractivity contribution in [1.82, 2.24) is 15.3 Å². The molecular formula is C15H14N4O2. The molecule has 2 heterocycles. The van der Waals surface area contributed by atoms with Crippen LogP contribution in [0.3, 0.4) is 0 Å². The van der Waals surface area contributed by atoms with Crippen LogP contribution in [0, 0.1) is 0 Å². The van der Waals surface area contributed by atoms with Crippen LogP contribution in [-0.2, 0) is 11.2 Å². The number of hydrogen-bond donors (Lipinski definition) is 2. The van der Waals surface area contributed by atoms with Gasteiger partial charge in [-0.2, -0.15) is 4.98 Å². The maximum atomic E-state index is 11.4. The highest BCUT2D eigenvalue weighted by Crippen LogP contribution is 2.22. The van der Waals surface area contributed by atoms with E-state index in [9.17, 15) is 4.79 Å². The van der Waals surface area contributed by atoms with E-state index in [2.05, 4.69) is 20.6 Å². The highest BCUT2D eigenvalue weighted by molar-refractivity contribution is 5.81. The number of oxazole rings is 1. The Labute approximate surface area is 121 Å². The molecule has 0 saturated carbocycles. The Bertz CT molecular complexity index is 768. The molecule has 0 unspecified atom stereocenters. The third-order valence-corrected chi connectivity index (χ3v) is 3.00. The third-order valence-electron chi connectivity index (χ3n) is 3.00. The number of hydrogen-bond acceptors (Lipinski definition) is 5. The molecule has 0 spiro atoms. The van der Waals surface area contributed by atoms with Gasteiger partial charge in [0.1, 0.15) is 11.3 Å². The predicted molar refractivity (Wildman–Crippen MR) is 79.3 cm³/mol. The van der Waals surface area contributed by atoms with Crippen LogP contribution in [0.15, 0.2) is 47.0 Å². The van der Waals surface area contributed by atoms with Crippen molar-refractivity contribution in [3.05, 3.63) is 48.2 Å². The molecule has 0 saturated heterocycles. The highest BCUT2D eigenvalue weighted by Gasteiger charge is 2.08. The summed E-state index contributed by atoms with van der Waals surface area (Å²) in [6, 6.07) is 11.4. The lowest BCUT2D eigenvalue weighted by molar-refractivity contribution is -0.119. The summed E-state index contributed by atoms with van der Waals surface area (Å²) < 4.78 is 5.63. The minimum atomic E-state index is -0.0410. The number of carbonyl (C=O) groups excluding carboxylic acids is 1. The molecule has 0 fully saturated rings. The first-order chi connectivity index (χ1) is 10.2. The molecule has 0 aliphatic heterocycles. The van der Waals surface area contributed by atoms with E-state index < -0.39 is 0 Å². The van der Waals surface area contributed by atoms with E-state index in [0.29, 0.717) is 23.8 Å². The number of nitrogens with one attached hydrogen (secondary N) is 2. The summed E-state index contributed by atoms with van der Waals surface area (Å²) in [6.07, 6.45) is 2.00. The Morgan fingerprint density at radius 2 is 2.19 bits per heavy atom. The molecular weight excluding hydrogens is 268 g/mol. The minimum absolute atomic E-state index is 0.0410. The highest BCUT2D eigenvalue weighted by atomic mass is 16.4. The van der Waals surface area contributed by atoms with Crippen molar-refractivity contribution >= 4 is 28.8 Å². The first kappa shape index (κ1) is 13.1. The zero-order chi connectivity index (χ0) is 14.7. The Morgan fingerprint density at radius 3 is 2.95 bits per heavy atom. The fourth-order valence-electron chi connectivity index (χ4n) is 1.95. The van der Waals surface area contributed by atoms with E-state index in [0.717, 1.165) is 11.1 Å². The molecule has 0 atom stereocenters. The van der Waals surface area contributed by atoms with Crippen LogP contribution in [0.1, 0.15) is 5.56 Å². The van der Waals surface area contributed by atoms with Crippen molar-refractivity contribution in [2.75, 3.05) is 12.4 Å². The summed E-state index contributed by atoms with van der Waals surface area (Å²) in [6.45, 7) is 0. The molecule has 6 heteroatoms. The number of rotatable bonds is 4. The van der Waals surface area contributed by atoms with Crippen LogP contribution in [0.5, 0.6) is 0 Å². The second-order valence-corrected chi connectivity index (χ2v) is 4.51. The molecule has 1 amide bonds. The van der Waals surface area contributed by atoms with E-state index in [-0.39, 0.29) is 5.91 Å². The van der Waals surface area contributed by atoms with Gasteiger partial charge in [0, 0.05) is 13.2 Å². The summed E-state index contributed by atoms with van der Waals surface area (Å²) in [5, 5.41) is 5.59. The topological polar surface area (TPSA) is 80.0 Å². The van der Waals surface area contributed by atoms with Crippen LogP contribution in [0.4, 0.5) is 11.8 Å². The van der Waals surface area contributed by atoms with Gasteiger partial charge in [-0.25, -0.2) is 4.98 Å². The Morgan fingerprint density at radius 1 is 1.29 bits per heavy atom. The molecule has 2 N–H and O–H groups in total. The lowest BCUT2D eigenvalue weighted by Crippen LogP contribution is -2.19. The molecule has 2 aromatic heterocycles. The summed E-state index contributed by atoms with van der Waals surface area (Å²) in [5.41, 5.74) is 2.24. The van der Waals surface area contributed by atoms with Gasteiger partial charge in [-0.1, -0.05) is 12.1 Å². The predicted octanol–water partition coefficient (Wildman–Crippen LogP) is 2.25. The second-order valence-electron chi connectivity index (χ2n) is 4.51. The average molecular weight is 282 g/mol. The standard InChI is InChI=1S/C15H14N4O2/c1-16-14(20)9-10-5-6-11-12(8-10)21-15(18-11)19-13-4-2-3-7-17-13/h2-8H,9H2,1H3,(H,16,20)(H,17,18,19). The van der Waals surface area contributed by atoms with Gasteiger partial charge < -0.3 is 9.73 Å². The van der Waals surface area contributed by atoms with Crippen molar-refractivity contribution in [1.29, 1.82) is 0 Å². The lowest BCUT2D eigenvalue weighted by atomic mass is 10.1. The van der Waals surface area contributed by atoms with Gasteiger partial charge in [-0.3, -0.25) is 10.1 Å². The third kappa shape index (κ3) is 3.00. The van der Waals surface area contributed by atoms with Gasteiger partial charge in [0.25, 0.3) is 0 Å². The fraction of sp³-hybridized carbons (Fsp3) is 0.133. The van der Waals surface area contributed by atoms with Crippen LogP contribution in [0.25, 0.3) is 11.1 Å². The van der Waals surface area contributed by atoms with Gasteiger partial charge in [0.2, 0.25) is 5.91 Å². The second kappa shape index (κ2) is 5.62. The van der Waals surface area contributed by atoms with Crippen molar-refractivity contribution in [3.63, 3.8) is 0 Å². The van der Waals surface area contributed by atoms with E-state index in [1.807, 2.05) is 36.4 Å². The number of carbonyl (C=O) groups is 1. The van der Waals surface area contributed by atoms with E-state index in [1.165, 1.54) is 0 Å². The van der Waals surface area contributed by atoms with Gasteiger partial charge in [-0.15, -0.1) is 0 Å². The molecule has 106 valence electrons. The molecule has 0 radical (unpaired) electrons. The zero-order valence-corrected chi connectivity index (χ0v) is 11.5. The van der Waals surface area contributed by atoms with Crippen LogP contribution < -0.4 is 10.6 Å². The number of pyridine rings is 1. The largest absolute Gasteiger partial charge is 0.423 e. The molecule has 21 heavy (non-hydrogen) atoms. The smallest absolute Gasteiger partial charge is 0.301 e. The number of benzene rings is 1. The van der Waals surface area contributed by atoms with Crippen LogP contribution >= 0.6 is 0 Å². The van der Waals surface area contributed by atoms with E-state index >= 15 is 0 Å². The fourth-order valence-corrected chi connectivity index (χ4v) is 1.95. The van der Waals surface area contributed by atoms with E-state index in [1.54, 1.807) is 13.2 Å². The summed E-state index contributed by atoms with van der Waals surface area (Å²) >= 11 is 0. The Kier molecular flexibility index (Phi) is 3.51. The summed E-state index contributed by atoms with van der Waals surface area (Å²) in [5.74, 6) is 0.621. The molecule has 3 rings (SSSR count). The maximum absolute atomic E-state index is 11.4.